The van der Waals surface area contributed by atoms with Gasteiger partial charge in [0.25, 0.3) is 0 Å². The lowest BCUT2D eigenvalue weighted by atomic mass is 10.3. The van der Waals surface area contributed by atoms with Gasteiger partial charge in [-0.25, -0.2) is 0 Å². The van der Waals surface area contributed by atoms with Crippen LogP contribution in [0.2, 0.25) is 18.1 Å². The number of halogens is 1. The van der Waals surface area contributed by atoms with Gasteiger partial charge in [-0.2, -0.15) is 0 Å². The zero-order chi connectivity index (χ0) is 11.9. The van der Waals surface area contributed by atoms with Crippen molar-refractivity contribution in [2.75, 3.05) is 0 Å². The van der Waals surface area contributed by atoms with Crippen LogP contribution >= 0.6 is 11.6 Å². The first-order valence-corrected chi connectivity index (χ1v) is 9.24. The summed E-state index contributed by atoms with van der Waals surface area (Å²) in [4.78, 5) is 0. The quantitative estimate of drug-likeness (QED) is 0.435. The summed E-state index contributed by atoms with van der Waals surface area (Å²) in [5.41, 5.74) is -0.117. The molecule has 0 fully saturated rings. The monoisotopic (exact) mass is 250 g/mol. The Bertz CT molecular complexity index is 142. The van der Waals surface area contributed by atoms with Crippen LogP contribution in [-0.2, 0) is 4.43 Å². The van der Waals surface area contributed by atoms with Crippen molar-refractivity contribution in [2.45, 2.75) is 71.2 Å². The molecule has 0 amide bonds. The molecule has 0 saturated carbocycles. The molecular weight excluding hydrogens is 224 g/mol. The van der Waals surface area contributed by atoms with E-state index in [1.807, 2.05) is 6.92 Å². The van der Waals surface area contributed by atoms with Crippen molar-refractivity contribution in [1.82, 2.24) is 0 Å². The molecule has 0 saturated heterocycles. The summed E-state index contributed by atoms with van der Waals surface area (Å²) >= 11 is 6.03. The predicted octanol–water partition coefficient (Wildman–Crippen LogP) is 5.01. The third-order valence-electron chi connectivity index (χ3n) is 2.60. The summed E-state index contributed by atoms with van der Waals surface area (Å²) < 4.78 is 6.13. The van der Waals surface area contributed by atoms with Gasteiger partial charge in [-0.1, -0.05) is 52.1 Å². The lowest BCUT2D eigenvalue weighted by Crippen LogP contribution is -2.41. The second kappa shape index (κ2) is 7.69. The Balaban J connectivity index is 4.55. The minimum Gasteiger partial charge on any atom is -0.401 e. The molecule has 0 radical (unpaired) electrons. The first kappa shape index (κ1) is 15.5. The molecule has 0 aliphatic carbocycles. The van der Waals surface area contributed by atoms with E-state index in [-0.39, 0.29) is 5.56 Å². The van der Waals surface area contributed by atoms with Crippen LogP contribution in [0, 0.1) is 5.92 Å². The van der Waals surface area contributed by atoms with Gasteiger partial charge >= 0.3 is 0 Å². The first-order chi connectivity index (χ1) is 6.95. The van der Waals surface area contributed by atoms with Crippen molar-refractivity contribution in [3.63, 3.8) is 0 Å². The highest BCUT2D eigenvalue weighted by Gasteiger charge is 2.35. The second-order valence-electron chi connectivity index (χ2n) is 4.94. The molecule has 0 spiro atoms. The van der Waals surface area contributed by atoms with Gasteiger partial charge in [0.1, 0.15) is 5.56 Å². The van der Waals surface area contributed by atoms with Crippen molar-refractivity contribution in [3.8, 4) is 0 Å². The molecular formula is C12H27ClOSi. The lowest BCUT2D eigenvalue weighted by Gasteiger charge is -2.34. The van der Waals surface area contributed by atoms with E-state index >= 15 is 0 Å². The zero-order valence-electron chi connectivity index (χ0n) is 11.0. The topological polar surface area (TPSA) is 9.23 Å². The molecule has 0 aliphatic heterocycles. The summed E-state index contributed by atoms with van der Waals surface area (Å²) in [6.45, 7) is 11.0. The molecule has 0 N–H and O–H groups in total. The van der Waals surface area contributed by atoms with E-state index in [4.69, 9.17) is 16.0 Å². The average molecular weight is 251 g/mol. The fraction of sp³-hybridized carbons (Fsp3) is 1.00. The van der Waals surface area contributed by atoms with Gasteiger partial charge in [0.15, 0.2) is 8.32 Å². The van der Waals surface area contributed by atoms with Crippen molar-refractivity contribution in [1.29, 1.82) is 0 Å². The molecule has 0 aliphatic rings. The standard InChI is InChI=1S/C12H27ClOSi/c1-6-8-15(9-7-2,10-11(3)4)14-12(5)13/h11-12H,6-10H2,1-5H3. The molecule has 1 atom stereocenters. The van der Waals surface area contributed by atoms with E-state index in [1.165, 1.54) is 31.0 Å². The highest BCUT2D eigenvalue weighted by atomic mass is 35.5. The minimum absolute atomic E-state index is 0.117. The molecule has 0 heterocycles. The van der Waals surface area contributed by atoms with Gasteiger partial charge in [-0.05, 0) is 31.0 Å². The number of rotatable bonds is 8. The van der Waals surface area contributed by atoms with Crippen molar-refractivity contribution in [3.05, 3.63) is 0 Å². The van der Waals surface area contributed by atoms with Gasteiger partial charge in [-0.15, -0.1) is 0 Å². The van der Waals surface area contributed by atoms with E-state index < -0.39 is 8.32 Å². The van der Waals surface area contributed by atoms with Gasteiger partial charge in [0.05, 0.1) is 0 Å². The van der Waals surface area contributed by atoms with Crippen LogP contribution in [0.4, 0.5) is 0 Å². The maximum absolute atomic E-state index is 6.13. The predicted molar refractivity (Wildman–Crippen MR) is 72.0 cm³/mol. The van der Waals surface area contributed by atoms with Crippen LogP contribution in [0.15, 0.2) is 0 Å². The number of alkyl halides is 1. The van der Waals surface area contributed by atoms with Gasteiger partial charge < -0.3 is 4.43 Å². The van der Waals surface area contributed by atoms with E-state index in [1.54, 1.807) is 0 Å². The van der Waals surface area contributed by atoms with E-state index in [9.17, 15) is 0 Å². The molecule has 0 aromatic rings. The van der Waals surface area contributed by atoms with Crippen molar-refractivity contribution >= 4 is 19.9 Å². The lowest BCUT2D eigenvalue weighted by molar-refractivity contribution is 0.275. The highest BCUT2D eigenvalue weighted by Crippen LogP contribution is 2.31. The maximum Gasteiger partial charge on any atom is 0.195 e. The van der Waals surface area contributed by atoms with Gasteiger partial charge in [0.2, 0.25) is 0 Å². The third-order valence-corrected chi connectivity index (χ3v) is 8.08. The summed E-state index contributed by atoms with van der Waals surface area (Å²) in [7, 11) is -1.55. The fourth-order valence-corrected chi connectivity index (χ4v) is 8.05. The van der Waals surface area contributed by atoms with Gasteiger partial charge in [-0.3, -0.25) is 0 Å². The van der Waals surface area contributed by atoms with Crippen molar-refractivity contribution in [2.24, 2.45) is 5.92 Å². The molecule has 15 heavy (non-hydrogen) atoms. The fourth-order valence-electron chi connectivity index (χ4n) is 2.49. The normalized spacial score (nSPS) is 14.6. The molecule has 0 bridgehead atoms. The number of hydrogen-bond donors (Lipinski definition) is 0. The third kappa shape index (κ3) is 6.59. The molecule has 92 valence electrons. The summed E-state index contributed by atoms with van der Waals surface area (Å²) in [6.07, 6.45) is 2.45. The Kier molecular flexibility index (Phi) is 7.93. The van der Waals surface area contributed by atoms with Gasteiger partial charge in [0, 0.05) is 0 Å². The smallest absolute Gasteiger partial charge is 0.195 e. The Hall–Kier alpha value is 0.467. The Morgan fingerprint density at radius 1 is 1.07 bits per heavy atom. The minimum atomic E-state index is -1.55. The summed E-state index contributed by atoms with van der Waals surface area (Å²) in [5.74, 6) is 0.727. The molecule has 1 nitrogen and oxygen atoms in total. The Labute approximate surface area is 102 Å². The van der Waals surface area contributed by atoms with E-state index in [0.717, 1.165) is 5.92 Å². The Morgan fingerprint density at radius 2 is 1.53 bits per heavy atom. The highest BCUT2D eigenvalue weighted by molar-refractivity contribution is 6.74. The van der Waals surface area contributed by atoms with E-state index in [0.29, 0.717) is 0 Å². The Morgan fingerprint density at radius 3 is 1.80 bits per heavy atom. The van der Waals surface area contributed by atoms with Crippen LogP contribution in [0.3, 0.4) is 0 Å². The van der Waals surface area contributed by atoms with E-state index in [2.05, 4.69) is 27.7 Å². The largest absolute Gasteiger partial charge is 0.401 e. The van der Waals surface area contributed by atoms with Crippen LogP contribution in [0.25, 0.3) is 0 Å². The zero-order valence-corrected chi connectivity index (χ0v) is 12.7. The second-order valence-corrected chi connectivity index (χ2v) is 9.57. The van der Waals surface area contributed by atoms with Crippen LogP contribution in [0.5, 0.6) is 0 Å². The molecule has 0 aromatic carbocycles. The average Bonchev–Trinajstić information content (AvgIpc) is 2.01. The summed E-state index contributed by atoms with van der Waals surface area (Å²) in [5, 5.41) is 0. The molecule has 3 heteroatoms. The number of hydrogen-bond acceptors (Lipinski definition) is 1. The van der Waals surface area contributed by atoms with Crippen molar-refractivity contribution < 1.29 is 4.43 Å². The molecule has 1 unspecified atom stereocenters. The maximum atomic E-state index is 6.13. The SMILES string of the molecule is CCC[Si](CCC)(CC(C)C)OC(C)Cl. The van der Waals surface area contributed by atoms with Crippen LogP contribution in [-0.4, -0.2) is 13.9 Å². The van der Waals surface area contributed by atoms with Crippen LogP contribution in [0.1, 0.15) is 47.5 Å². The molecule has 0 rings (SSSR count). The molecule has 0 aromatic heterocycles. The first-order valence-electron chi connectivity index (χ1n) is 6.27. The van der Waals surface area contributed by atoms with Crippen LogP contribution < -0.4 is 0 Å². The summed E-state index contributed by atoms with van der Waals surface area (Å²) in [6, 6.07) is 3.78.